The Morgan fingerprint density at radius 1 is 1.00 bits per heavy atom. The van der Waals surface area contributed by atoms with Crippen LogP contribution in [0.3, 0.4) is 0 Å². The number of carboxylic acid groups (broad SMARTS) is 1. The standard InChI is InChI=1S/C22H30N4O7S/c1-12(13(2)27)24-22(33)17(10-18(23)28)26-21(32)16(8-9-19(29)30)25-20(31)15-7-5-4-6-14(15)11-34-3/h4-7,12,16-17H,8-11H2,1-3H3,(H2,23,28)(H,24,33)(H,25,31)(H,26,32)(H,29,30). The van der Waals surface area contributed by atoms with E-state index in [-0.39, 0.29) is 12.2 Å². The number of thioether (sulfide) groups is 1. The van der Waals surface area contributed by atoms with Crippen LogP contribution in [0.25, 0.3) is 0 Å². The number of carbonyl (C=O) groups is 6. The highest BCUT2D eigenvalue weighted by Gasteiger charge is 2.30. The first kappa shape index (κ1) is 28.6. The molecule has 1 aromatic carbocycles. The number of nitrogens with two attached hydrogens (primary N) is 1. The van der Waals surface area contributed by atoms with E-state index in [0.29, 0.717) is 11.3 Å². The van der Waals surface area contributed by atoms with E-state index in [9.17, 15) is 28.8 Å². The van der Waals surface area contributed by atoms with Crippen molar-refractivity contribution in [1.82, 2.24) is 16.0 Å². The third-order valence-electron chi connectivity index (χ3n) is 4.84. The van der Waals surface area contributed by atoms with Gasteiger partial charge in [-0.25, -0.2) is 0 Å². The lowest BCUT2D eigenvalue weighted by atomic mass is 10.1. The molecule has 1 rings (SSSR count). The Morgan fingerprint density at radius 2 is 1.62 bits per heavy atom. The number of rotatable bonds is 14. The number of carboxylic acids is 1. The highest BCUT2D eigenvalue weighted by molar-refractivity contribution is 7.97. The minimum absolute atomic E-state index is 0.258. The van der Waals surface area contributed by atoms with Crippen molar-refractivity contribution in [1.29, 1.82) is 0 Å². The molecule has 0 heterocycles. The molecule has 11 nitrogen and oxygen atoms in total. The molecule has 1 aromatic rings. The molecule has 12 heteroatoms. The van der Waals surface area contributed by atoms with E-state index in [1.165, 1.54) is 25.6 Å². The predicted octanol–water partition coefficient (Wildman–Crippen LogP) is -0.0333. The maximum atomic E-state index is 12.9. The van der Waals surface area contributed by atoms with Crippen LogP contribution in [0.5, 0.6) is 0 Å². The van der Waals surface area contributed by atoms with Gasteiger partial charge < -0.3 is 26.8 Å². The van der Waals surface area contributed by atoms with Crippen LogP contribution in [-0.4, -0.2) is 64.9 Å². The fourth-order valence-electron chi connectivity index (χ4n) is 2.89. The summed E-state index contributed by atoms with van der Waals surface area (Å²) in [5, 5.41) is 16.3. The van der Waals surface area contributed by atoms with Crippen LogP contribution in [0, 0.1) is 0 Å². The number of amides is 4. The molecule has 0 fully saturated rings. The maximum Gasteiger partial charge on any atom is 0.303 e. The summed E-state index contributed by atoms with van der Waals surface area (Å²) < 4.78 is 0. The van der Waals surface area contributed by atoms with Crippen LogP contribution in [0.2, 0.25) is 0 Å². The number of benzene rings is 1. The van der Waals surface area contributed by atoms with Crippen molar-refractivity contribution >= 4 is 47.1 Å². The molecule has 0 bridgehead atoms. The Balaban J connectivity index is 3.09. The van der Waals surface area contributed by atoms with Gasteiger partial charge in [-0.05, 0) is 38.2 Å². The lowest BCUT2D eigenvalue weighted by Gasteiger charge is -2.23. The molecule has 0 aliphatic heterocycles. The van der Waals surface area contributed by atoms with Crippen LogP contribution in [-0.2, 0) is 29.7 Å². The molecule has 0 saturated heterocycles. The van der Waals surface area contributed by atoms with Gasteiger partial charge in [0, 0.05) is 17.7 Å². The van der Waals surface area contributed by atoms with Crippen LogP contribution in [0.4, 0.5) is 0 Å². The number of ketones is 1. The maximum absolute atomic E-state index is 12.9. The minimum Gasteiger partial charge on any atom is -0.481 e. The minimum atomic E-state index is -1.42. The summed E-state index contributed by atoms with van der Waals surface area (Å²) in [5.41, 5.74) is 6.24. The van der Waals surface area contributed by atoms with E-state index in [2.05, 4.69) is 16.0 Å². The Kier molecular flexibility index (Phi) is 11.8. The van der Waals surface area contributed by atoms with Crippen molar-refractivity contribution in [3.8, 4) is 0 Å². The Bertz CT molecular complexity index is 938. The van der Waals surface area contributed by atoms with Crippen LogP contribution in [0.1, 0.15) is 49.0 Å². The summed E-state index contributed by atoms with van der Waals surface area (Å²) in [5.74, 6) is -4.13. The number of primary amides is 1. The molecule has 0 aliphatic carbocycles. The third kappa shape index (κ3) is 9.61. The molecule has 6 N–H and O–H groups in total. The smallest absolute Gasteiger partial charge is 0.303 e. The highest BCUT2D eigenvalue weighted by Crippen LogP contribution is 2.15. The Morgan fingerprint density at radius 3 is 2.18 bits per heavy atom. The molecule has 186 valence electrons. The van der Waals surface area contributed by atoms with Gasteiger partial charge in [-0.3, -0.25) is 28.8 Å². The van der Waals surface area contributed by atoms with Crippen molar-refractivity contribution in [2.45, 2.75) is 57.0 Å². The van der Waals surface area contributed by atoms with Crippen LogP contribution >= 0.6 is 11.8 Å². The number of hydrogen-bond acceptors (Lipinski definition) is 7. The summed E-state index contributed by atoms with van der Waals surface area (Å²) in [6, 6.07) is 3.19. The zero-order valence-electron chi connectivity index (χ0n) is 19.3. The first-order valence-electron chi connectivity index (χ1n) is 10.4. The van der Waals surface area contributed by atoms with Gasteiger partial charge in [0.2, 0.25) is 17.7 Å². The van der Waals surface area contributed by atoms with Crippen molar-refractivity contribution < 1.29 is 33.9 Å². The monoisotopic (exact) mass is 494 g/mol. The lowest BCUT2D eigenvalue weighted by molar-refractivity contribution is -0.137. The molecule has 3 unspecified atom stereocenters. The summed E-state index contributed by atoms with van der Waals surface area (Å²) in [6.45, 7) is 2.70. The third-order valence-corrected chi connectivity index (χ3v) is 5.44. The second-order valence-electron chi connectivity index (χ2n) is 7.62. The molecule has 3 atom stereocenters. The van der Waals surface area contributed by atoms with Gasteiger partial charge in [0.15, 0.2) is 5.78 Å². The summed E-state index contributed by atoms with van der Waals surface area (Å²) in [4.78, 5) is 72.3. The van der Waals surface area contributed by atoms with E-state index in [4.69, 9.17) is 10.8 Å². The molecule has 0 saturated carbocycles. The SMILES string of the molecule is CSCc1ccccc1C(=O)NC(CCC(=O)O)C(=O)NC(CC(N)=O)C(=O)NC(C)C(C)=O. The predicted molar refractivity (Wildman–Crippen MR) is 126 cm³/mol. The second kappa shape index (κ2) is 14.0. The van der Waals surface area contributed by atoms with Gasteiger partial charge in [0.25, 0.3) is 5.91 Å². The normalized spacial score (nSPS) is 13.1. The van der Waals surface area contributed by atoms with Gasteiger partial charge in [-0.1, -0.05) is 18.2 Å². The van der Waals surface area contributed by atoms with Crippen molar-refractivity contribution in [2.75, 3.05) is 6.26 Å². The molecule has 0 aromatic heterocycles. The Hall–Kier alpha value is -3.41. The Labute approximate surface area is 201 Å². The van der Waals surface area contributed by atoms with Crippen molar-refractivity contribution in [2.24, 2.45) is 5.73 Å². The number of hydrogen-bond donors (Lipinski definition) is 5. The summed E-state index contributed by atoms with van der Waals surface area (Å²) >= 11 is 1.50. The van der Waals surface area contributed by atoms with Crippen molar-refractivity contribution in [3.05, 3.63) is 35.4 Å². The quantitative estimate of drug-likeness (QED) is 0.238. The number of nitrogens with one attached hydrogen (secondary N) is 3. The van der Waals surface area contributed by atoms with E-state index in [0.717, 1.165) is 5.56 Å². The topological polar surface area (TPSA) is 185 Å². The van der Waals surface area contributed by atoms with Crippen LogP contribution in [0.15, 0.2) is 24.3 Å². The molecule has 0 spiro atoms. The molecular weight excluding hydrogens is 464 g/mol. The van der Waals surface area contributed by atoms with Crippen molar-refractivity contribution in [3.63, 3.8) is 0 Å². The molecule has 34 heavy (non-hydrogen) atoms. The molecular formula is C22H30N4O7S. The molecule has 0 radical (unpaired) electrons. The summed E-state index contributed by atoms with van der Waals surface area (Å²) in [6.07, 6.45) is 0.623. The first-order chi connectivity index (χ1) is 16.0. The van der Waals surface area contributed by atoms with E-state index in [1.807, 2.05) is 6.26 Å². The number of aliphatic carboxylic acids is 1. The zero-order valence-corrected chi connectivity index (χ0v) is 20.1. The van der Waals surface area contributed by atoms with Gasteiger partial charge in [-0.2, -0.15) is 11.8 Å². The zero-order chi connectivity index (χ0) is 25.8. The number of Topliss-reactive ketones (excluding diaryl/α,β-unsaturated/α-hetero) is 1. The summed E-state index contributed by atoms with van der Waals surface area (Å²) in [7, 11) is 0. The van der Waals surface area contributed by atoms with Gasteiger partial charge in [0.1, 0.15) is 12.1 Å². The molecule has 4 amide bonds. The van der Waals surface area contributed by atoms with Gasteiger partial charge in [0.05, 0.1) is 12.5 Å². The fraction of sp³-hybridized carbons (Fsp3) is 0.455. The first-order valence-corrected chi connectivity index (χ1v) is 11.8. The van der Waals surface area contributed by atoms with E-state index >= 15 is 0 Å². The average molecular weight is 495 g/mol. The highest BCUT2D eigenvalue weighted by atomic mass is 32.2. The fourth-order valence-corrected chi connectivity index (χ4v) is 3.46. The number of carbonyl (C=O) groups excluding carboxylic acids is 5. The largest absolute Gasteiger partial charge is 0.481 e. The van der Waals surface area contributed by atoms with E-state index in [1.54, 1.807) is 24.3 Å². The van der Waals surface area contributed by atoms with E-state index < -0.39 is 60.6 Å². The second-order valence-corrected chi connectivity index (χ2v) is 8.49. The van der Waals surface area contributed by atoms with Gasteiger partial charge in [-0.15, -0.1) is 0 Å². The average Bonchev–Trinajstić information content (AvgIpc) is 2.75. The van der Waals surface area contributed by atoms with Crippen LogP contribution < -0.4 is 21.7 Å². The lowest BCUT2D eigenvalue weighted by Crippen LogP contribution is -2.56. The molecule has 0 aliphatic rings. The van der Waals surface area contributed by atoms with Gasteiger partial charge >= 0.3 is 5.97 Å².